The van der Waals surface area contributed by atoms with E-state index in [2.05, 4.69) is 5.32 Å². The Hall–Kier alpha value is -1.98. The SMILES string of the molecule is CCC(C(=O)NC(C)(C)C)N(Cc1ccc(Cl)cc1)C(=O)CSc1ccc(C)cc1. The van der Waals surface area contributed by atoms with Crippen LogP contribution in [0.4, 0.5) is 0 Å². The third-order valence-corrected chi connectivity index (χ3v) is 5.78. The van der Waals surface area contributed by atoms with Crippen molar-refractivity contribution in [2.45, 2.75) is 64.1 Å². The lowest BCUT2D eigenvalue weighted by Crippen LogP contribution is -2.53. The number of aryl methyl sites for hydroxylation is 1. The van der Waals surface area contributed by atoms with Crippen LogP contribution in [0.1, 0.15) is 45.2 Å². The third-order valence-electron chi connectivity index (χ3n) is 4.53. The van der Waals surface area contributed by atoms with Crippen molar-refractivity contribution in [2.24, 2.45) is 0 Å². The van der Waals surface area contributed by atoms with Crippen LogP contribution in [0.5, 0.6) is 0 Å². The van der Waals surface area contributed by atoms with Crippen LogP contribution >= 0.6 is 23.4 Å². The van der Waals surface area contributed by atoms with E-state index >= 15 is 0 Å². The Morgan fingerprint density at radius 2 is 1.67 bits per heavy atom. The number of carbonyl (C=O) groups is 2. The Morgan fingerprint density at radius 3 is 2.20 bits per heavy atom. The first kappa shape index (κ1) is 24.3. The van der Waals surface area contributed by atoms with E-state index in [1.807, 2.05) is 71.0 Å². The standard InChI is InChI=1S/C24H31ClN2O2S/c1-6-21(23(29)26-24(3,4)5)27(15-18-9-11-19(25)12-10-18)22(28)16-30-20-13-7-17(2)8-14-20/h7-14,21H,6,15-16H2,1-5H3,(H,26,29). The van der Waals surface area contributed by atoms with Crippen molar-refractivity contribution in [3.05, 3.63) is 64.7 Å². The van der Waals surface area contributed by atoms with Crippen molar-refractivity contribution in [3.63, 3.8) is 0 Å². The second kappa shape index (κ2) is 10.9. The minimum atomic E-state index is -0.536. The van der Waals surface area contributed by atoms with Crippen LogP contribution in [0.2, 0.25) is 5.02 Å². The number of nitrogens with zero attached hydrogens (tertiary/aromatic N) is 1. The minimum Gasteiger partial charge on any atom is -0.350 e. The molecule has 0 aliphatic heterocycles. The number of benzene rings is 2. The maximum Gasteiger partial charge on any atom is 0.243 e. The van der Waals surface area contributed by atoms with E-state index in [9.17, 15) is 9.59 Å². The first-order valence-electron chi connectivity index (χ1n) is 10.1. The molecule has 0 radical (unpaired) electrons. The molecule has 0 heterocycles. The predicted molar refractivity (Wildman–Crippen MR) is 126 cm³/mol. The van der Waals surface area contributed by atoms with E-state index in [-0.39, 0.29) is 23.1 Å². The quantitative estimate of drug-likeness (QED) is 0.547. The van der Waals surface area contributed by atoms with Crippen molar-refractivity contribution < 1.29 is 9.59 Å². The highest BCUT2D eigenvalue weighted by Gasteiger charge is 2.30. The highest BCUT2D eigenvalue weighted by atomic mass is 35.5. The first-order valence-corrected chi connectivity index (χ1v) is 11.5. The van der Waals surface area contributed by atoms with E-state index in [0.29, 0.717) is 18.0 Å². The van der Waals surface area contributed by atoms with Crippen molar-refractivity contribution in [1.82, 2.24) is 10.2 Å². The van der Waals surface area contributed by atoms with Gasteiger partial charge in [0.2, 0.25) is 11.8 Å². The summed E-state index contributed by atoms with van der Waals surface area (Å²) < 4.78 is 0. The van der Waals surface area contributed by atoms with Gasteiger partial charge in [0.15, 0.2) is 0 Å². The molecule has 30 heavy (non-hydrogen) atoms. The van der Waals surface area contributed by atoms with E-state index in [0.717, 1.165) is 10.5 Å². The molecule has 4 nitrogen and oxygen atoms in total. The molecule has 0 saturated heterocycles. The van der Waals surface area contributed by atoms with Gasteiger partial charge in [-0.15, -0.1) is 11.8 Å². The number of hydrogen-bond donors (Lipinski definition) is 1. The van der Waals surface area contributed by atoms with Crippen LogP contribution in [0, 0.1) is 6.92 Å². The van der Waals surface area contributed by atoms with Gasteiger partial charge in [0.05, 0.1) is 5.75 Å². The first-order chi connectivity index (χ1) is 14.1. The van der Waals surface area contributed by atoms with Crippen LogP contribution in [0.3, 0.4) is 0 Å². The summed E-state index contributed by atoms with van der Waals surface area (Å²) in [6, 6.07) is 14.9. The normalized spacial score (nSPS) is 12.3. The Balaban J connectivity index is 2.21. The van der Waals surface area contributed by atoms with Crippen LogP contribution < -0.4 is 5.32 Å². The van der Waals surface area contributed by atoms with Crippen molar-refractivity contribution in [2.75, 3.05) is 5.75 Å². The maximum absolute atomic E-state index is 13.2. The zero-order valence-corrected chi connectivity index (χ0v) is 19.9. The fourth-order valence-electron chi connectivity index (χ4n) is 3.02. The predicted octanol–water partition coefficient (Wildman–Crippen LogP) is 5.46. The van der Waals surface area contributed by atoms with Gasteiger partial charge in [-0.25, -0.2) is 0 Å². The van der Waals surface area contributed by atoms with Gasteiger partial charge in [-0.05, 0) is 63.9 Å². The van der Waals surface area contributed by atoms with Crippen LogP contribution in [0.15, 0.2) is 53.4 Å². The van der Waals surface area contributed by atoms with Gasteiger partial charge in [0.1, 0.15) is 6.04 Å². The van der Waals surface area contributed by atoms with E-state index in [4.69, 9.17) is 11.6 Å². The topological polar surface area (TPSA) is 49.4 Å². The van der Waals surface area contributed by atoms with Gasteiger partial charge in [0, 0.05) is 22.0 Å². The molecule has 6 heteroatoms. The monoisotopic (exact) mass is 446 g/mol. The second-order valence-electron chi connectivity index (χ2n) is 8.41. The lowest BCUT2D eigenvalue weighted by Gasteiger charge is -2.33. The fraction of sp³-hybridized carbons (Fsp3) is 0.417. The third kappa shape index (κ3) is 7.69. The number of nitrogens with one attached hydrogen (secondary N) is 1. The molecular formula is C24H31ClN2O2S. The summed E-state index contributed by atoms with van der Waals surface area (Å²) in [6.07, 6.45) is 0.538. The maximum atomic E-state index is 13.2. The van der Waals surface area contributed by atoms with Gasteiger partial charge in [-0.2, -0.15) is 0 Å². The van der Waals surface area contributed by atoms with Gasteiger partial charge in [0.25, 0.3) is 0 Å². The molecule has 0 aliphatic carbocycles. The average molecular weight is 447 g/mol. The summed E-state index contributed by atoms with van der Waals surface area (Å²) in [5, 5.41) is 3.66. The molecule has 0 spiro atoms. The molecule has 0 aromatic heterocycles. The molecule has 0 saturated carbocycles. The molecule has 162 valence electrons. The zero-order chi connectivity index (χ0) is 22.3. The number of thioether (sulfide) groups is 1. The number of hydrogen-bond acceptors (Lipinski definition) is 3. The van der Waals surface area contributed by atoms with Crippen molar-refractivity contribution in [3.8, 4) is 0 Å². The highest BCUT2D eigenvalue weighted by Crippen LogP contribution is 2.21. The summed E-state index contributed by atoms with van der Waals surface area (Å²) in [7, 11) is 0. The molecule has 1 atom stereocenters. The molecule has 2 rings (SSSR count). The number of halogens is 1. The fourth-order valence-corrected chi connectivity index (χ4v) is 3.93. The number of carbonyl (C=O) groups excluding carboxylic acids is 2. The Kier molecular flexibility index (Phi) is 8.80. The Labute approximate surface area is 189 Å². The summed E-state index contributed by atoms with van der Waals surface area (Å²) in [6.45, 7) is 10.2. The van der Waals surface area contributed by atoms with E-state index in [1.165, 1.54) is 17.3 Å². The van der Waals surface area contributed by atoms with Crippen molar-refractivity contribution in [1.29, 1.82) is 0 Å². The molecule has 0 aliphatic rings. The lowest BCUT2D eigenvalue weighted by molar-refractivity contribution is -0.140. The molecule has 1 N–H and O–H groups in total. The Bertz CT molecular complexity index is 845. The molecule has 2 aromatic rings. The minimum absolute atomic E-state index is 0.0635. The molecule has 2 amide bonds. The smallest absolute Gasteiger partial charge is 0.243 e. The van der Waals surface area contributed by atoms with Crippen LogP contribution in [0.25, 0.3) is 0 Å². The molecule has 2 aromatic carbocycles. The highest BCUT2D eigenvalue weighted by molar-refractivity contribution is 8.00. The number of rotatable bonds is 8. The van der Waals surface area contributed by atoms with Gasteiger partial charge < -0.3 is 10.2 Å². The Morgan fingerprint density at radius 1 is 1.07 bits per heavy atom. The zero-order valence-electron chi connectivity index (χ0n) is 18.4. The average Bonchev–Trinajstić information content (AvgIpc) is 2.67. The summed E-state index contributed by atoms with van der Waals surface area (Å²) in [4.78, 5) is 28.9. The van der Waals surface area contributed by atoms with Gasteiger partial charge in [-0.1, -0.05) is 48.4 Å². The summed E-state index contributed by atoms with van der Waals surface area (Å²) in [5.41, 5.74) is 1.76. The molecule has 1 unspecified atom stereocenters. The summed E-state index contributed by atoms with van der Waals surface area (Å²) >= 11 is 7.49. The van der Waals surface area contributed by atoms with E-state index < -0.39 is 6.04 Å². The van der Waals surface area contributed by atoms with Crippen LogP contribution in [-0.4, -0.2) is 34.0 Å². The van der Waals surface area contributed by atoms with Crippen LogP contribution in [-0.2, 0) is 16.1 Å². The lowest BCUT2D eigenvalue weighted by atomic mass is 10.1. The van der Waals surface area contributed by atoms with Gasteiger partial charge >= 0.3 is 0 Å². The molecule has 0 bridgehead atoms. The van der Waals surface area contributed by atoms with E-state index in [1.54, 1.807) is 17.0 Å². The largest absolute Gasteiger partial charge is 0.350 e. The molecule has 0 fully saturated rings. The molecular weight excluding hydrogens is 416 g/mol. The second-order valence-corrected chi connectivity index (χ2v) is 9.90. The number of amides is 2. The summed E-state index contributed by atoms with van der Waals surface area (Å²) in [5.74, 6) is 0.0785. The van der Waals surface area contributed by atoms with Crippen molar-refractivity contribution >= 4 is 35.2 Å². The van der Waals surface area contributed by atoms with Gasteiger partial charge in [-0.3, -0.25) is 9.59 Å².